The van der Waals surface area contributed by atoms with E-state index < -0.39 is 0 Å². The SMILES string of the molecule is CCC1=N/C(=C/c2cc(OC)c(OC)c(OC)c2)C(=O)N1. The van der Waals surface area contributed by atoms with Crippen molar-refractivity contribution in [2.45, 2.75) is 13.3 Å². The predicted octanol–water partition coefficient (Wildman–Crippen LogP) is 1.99. The summed E-state index contributed by atoms with van der Waals surface area (Å²) in [4.78, 5) is 16.0. The maximum atomic E-state index is 11.8. The van der Waals surface area contributed by atoms with Gasteiger partial charge in [0.05, 0.1) is 21.3 Å². The van der Waals surface area contributed by atoms with Crippen molar-refractivity contribution in [2.24, 2.45) is 4.99 Å². The first kappa shape index (κ1) is 14.9. The van der Waals surface area contributed by atoms with Crippen LogP contribution in [0.3, 0.4) is 0 Å². The molecule has 0 bridgehead atoms. The summed E-state index contributed by atoms with van der Waals surface area (Å²) in [5.41, 5.74) is 1.11. The van der Waals surface area contributed by atoms with E-state index >= 15 is 0 Å². The number of amidine groups is 1. The average molecular weight is 290 g/mol. The third kappa shape index (κ3) is 2.99. The van der Waals surface area contributed by atoms with Crippen LogP contribution in [0.25, 0.3) is 6.08 Å². The zero-order chi connectivity index (χ0) is 15.4. The molecule has 0 atom stereocenters. The number of nitrogens with zero attached hydrogens (tertiary/aromatic N) is 1. The van der Waals surface area contributed by atoms with Crippen molar-refractivity contribution in [2.75, 3.05) is 21.3 Å². The maximum absolute atomic E-state index is 11.8. The van der Waals surface area contributed by atoms with Gasteiger partial charge < -0.3 is 19.5 Å². The summed E-state index contributed by atoms with van der Waals surface area (Å²) in [6.07, 6.45) is 2.36. The largest absolute Gasteiger partial charge is 0.493 e. The molecule has 1 heterocycles. The van der Waals surface area contributed by atoms with Gasteiger partial charge in [0.15, 0.2) is 11.5 Å². The van der Waals surface area contributed by atoms with Crippen LogP contribution >= 0.6 is 0 Å². The van der Waals surface area contributed by atoms with E-state index in [1.165, 1.54) is 0 Å². The van der Waals surface area contributed by atoms with Gasteiger partial charge in [-0.15, -0.1) is 0 Å². The first-order valence-electron chi connectivity index (χ1n) is 6.53. The number of carbonyl (C=O) groups excluding carboxylic acids is 1. The van der Waals surface area contributed by atoms with Gasteiger partial charge in [0.1, 0.15) is 11.5 Å². The van der Waals surface area contributed by atoms with Crippen LogP contribution in [-0.4, -0.2) is 33.1 Å². The fraction of sp³-hybridized carbons (Fsp3) is 0.333. The fourth-order valence-corrected chi connectivity index (χ4v) is 2.03. The predicted molar refractivity (Wildman–Crippen MR) is 79.9 cm³/mol. The molecule has 2 rings (SSSR count). The number of amides is 1. The molecule has 1 N–H and O–H groups in total. The highest BCUT2D eigenvalue weighted by Gasteiger charge is 2.19. The number of carbonyl (C=O) groups is 1. The minimum atomic E-state index is -0.208. The van der Waals surface area contributed by atoms with Crippen LogP contribution in [0.2, 0.25) is 0 Å². The summed E-state index contributed by atoms with van der Waals surface area (Å²) in [6, 6.07) is 3.53. The van der Waals surface area contributed by atoms with Gasteiger partial charge in [0.25, 0.3) is 5.91 Å². The molecule has 0 aliphatic carbocycles. The Morgan fingerprint density at radius 2 is 1.76 bits per heavy atom. The zero-order valence-electron chi connectivity index (χ0n) is 12.5. The fourth-order valence-electron chi connectivity index (χ4n) is 2.03. The molecule has 0 spiro atoms. The number of methoxy groups -OCH3 is 3. The van der Waals surface area contributed by atoms with E-state index in [4.69, 9.17) is 14.2 Å². The standard InChI is InChI=1S/C15H18N2O4/c1-5-13-16-10(15(18)17-13)6-9-7-11(19-2)14(21-4)12(8-9)20-3/h6-8H,5H2,1-4H3,(H,16,17,18)/b10-6+. The molecule has 1 aliphatic rings. The summed E-state index contributed by atoms with van der Waals surface area (Å²) in [5, 5.41) is 2.71. The van der Waals surface area contributed by atoms with E-state index in [9.17, 15) is 4.79 Å². The van der Waals surface area contributed by atoms with E-state index in [0.29, 0.717) is 35.2 Å². The Labute approximate surface area is 123 Å². The van der Waals surface area contributed by atoms with Gasteiger partial charge in [0, 0.05) is 6.42 Å². The number of rotatable bonds is 5. The summed E-state index contributed by atoms with van der Waals surface area (Å²) in [7, 11) is 4.63. The number of hydrogen-bond donors (Lipinski definition) is 1. The van der Waals surface area contributed by atoms with Crippen molar-refractivity contribution in [3.8, 4) is 17.2 Å². The Balaban J connectivity index is 2.46. The molecule has 0 fully saturated rings. The van der Waals surface area contributed by atoms with Gasteiger partial charge >= 0.3 is 0 Å². The van der Waals surface area contributed by atoms with Crippen molar-refractivity contribution < 1.29 is 19.0 Å². The molecule has 1 aliphatic heterocycles. The highest BCUT2D eigenvalue weighted by atomic mass is 16.5. The van der Waals surface area contributed by atoms with Gasteiger partial charge in [-0.25, -0.2) is 4.99 Å². The van der Waals surface area contributed by atoms with Gasteiger partial charge in [-0.05, 0) is 23.8 Å². The van der Waals surface area contributed by atoms with Crippen LogP contribution in [0.4, 0.5) is 0 Å². The lowest BCUT2D eigenvalue weighted by molar-refractivity contribution is -0.115. The zero-order valence-corrected chi connectivity index (χ0v) is 12.5. The average Bonchev–Trinajstić information content (AvgIpc) is 2.86. The number of ether oxygens (including phenoxy) is 3. The Morgan fingerprint density at radius 3 is 2.19 bits per heavy atom. The van der Waals surface area contributed by atoms with E-state index in [-0.39, 0.29) is 5.91 Å². The lowest BCUT2D eigenvalue weighted by Crippen LogP contribution is -2.22. The maximum Gasteiger partial charge on any atom is 0.275 e. The van der Waals surface area contributed by atoms with Crippen molar-refractivity contribution >= 4 is 17.8 Å². The molecule has 0 radical (unpaired) electrons. The van der Waals surface area contributed by atoms with Crippen LogP contribution in [0.5, 0.6) is 17.2 Å². The summed E-state index contributed by atoms with van der Waals surface area (Å²) < 4.78 is 15.8. The van der Waals surface area contributed by atoms with Gasteiger partial charge in [0.2, 0.25) is 5.75 Å². The molecule has 0 unspecified atom stereocenters. The van der Waals surface area contributed by atoms with Crippen LogP contribution in [0, 0.1) is 0 Å². The minimum Gasteiger partial charge on any atom is -0.493 e. The Bertz CT molecular complexity index is 595. The highest BCUT2D eigenvalue weighted by molar-refractivity contribution is 6.14. The molecule has 21 heavy (non-hydrogen) atoms. The third-order valence-corrected chi connectivity index (χ3v) is 3.07. The molecular weight excluding hydrogens is 272 g/mol. The number of hydrogen-bond acceptors (Lipinski definition) is 5. The normalized spacial score (nSPS) is 15.7. The second-order valence-corrected chi connectivity index (χ2v) is 4.35. The van der Waals surface area contributed by atoms with Crippen molar-refractivity contribution in [3.05, 3.63) is 23.4 Å². The second-order valence-electron chi connectivity index (χ2n) is 4.35. The molecular formula is C15H18N2O4. The van der Waals surface area contributed by atoms with Crippen molar-refractivity contribution in [1.29, 1.82) is 0 Å². The molecule has 1 amide bonds. The molecule has 0 saturated carbocycles. The number of benzene rings is 1. The Kier molecular flexibility index (Phi) is 4.47. The first-order chi connectivity index (χ1) is 10.1. The lowest BCUT2D eigenvalue weighted by atomic mass is 10.1. The Morgan fingerprint density at radius 1 is 1.14 bits per heavy atom. The molecule has 112 valence electrons. The highest BCUT2D eigenvalue weighted by Crippen LogP contribution is 2.38. The second kappa shape index (κ2) is 6.30. The van der Waals surface area contributed by atoms with E-state index in [1.54, 1.807) is 39.5 Å². The van der Waals surface area contributed by atoms with Crippen LogP contribution in [0.1, 0.15) is 18.9 Å². The third-order valence-electron chi connectivity index (χ3n) is 3.07. The van der Waals surface area contributed by atoms with Crippen molar-refractivity contribution in [1.82, 2.24) is 5.32 Å². The molecule has 6 heteroatoms. The lowest BCUT2D eigenvalue weighted by Gasteiger charge is -2.12. The topological polar surface area (TPSA) is 69.1 Å². The summed E-state index contributed by atoms with van der Waals surface area (Å²) >= 11 is 0. The first-order valence-corrected chi connectivity index (χ1v) is 6.53. The van der Waals surface area contributed by atoms with Crippen LogP contribution in [0.15, 0.2) is 22.8 Å². The van der Waals surface area contributed by atoms with Gasteiger partial charge in [-0.3, -0.25) is 4.79 Å². The van der Waals surface area contributed by atoms with Crippen LogP contribution in [-0.2, 0) is 4.79 Å². The molecule has 0 aromatic heterocycles. The van der Waals surface area contributed by atoms with Gasteiger partial charge in [-0.1, -0.05) is 6.92 Å². The molecule has 6 nitrogen and oxygen atoms in total. The van der Waals surface area contributed by atoms with Gasteiger partial charge in [-0.2, -0.15) is 0 Å². The molecule has 1 aromatic rings. The molecule has 1 aromatic carbocycles. The van der Waals surface area contributed by atoms with Crippen molar-refractivity contribution in [3.63, 3.8) is 0 Å². The minimum absolute atomic E-state index is 0.208. The monoisotopic (exact) mass is 290 g/mol. The smallest absolute Gasteiger partial charge is 0.275 e. The van der Waals surface area contributed by atoms with Crippen LogP contribution < -0.4 is 19.5 Å². The quantitative estimate of drug-likeness (QED) is 0.842. The summed E-state index contributed by atoms with van der Waals surface area (Å²) in [6.45, 7) is 1.93. The Hall–Kier alpha value is -2.50. The number of aliphatic imine (C=N–C) groups is 1. The summed E-state index contributed by atoms with van der Waals surface area (Å²) in [5.74, 6) is 2.03. The van der Waals surface area contributed by atoms with E-state index in [1.807, 2.05) is 6.92 Å². The number of nitrogens with one attached hydrogen (secondary N) is 1. The van der Waals surface area contributed by atoms with E-state index in [2.05, 4.69) is 10.3 Å². The molecule has 0 saturated heterocycles. The van der Waals surface area contributed by atoms with E-state index in [0.717, 1.165) is 5.56 Å².